The molecule has 2 atom stereocenters. The summed E-state index contributed by atoms with van der Waals surface area (Å²) in [5.41, 5.74) is 0. The molecule has 1 saturated heterocycles. The summed E-state index contributed by atoms with van der Waals surface area (Å²) in [7, 11) is 0. The van der Waals surface area contributed by atoms with E-state index in [0.29, 0.717) is 18.6 Å². The third-order valence-electron chi connectivity index (χ3n) is 3.63. The second-order valence-corrected chi connectivity index (χ2v) is 4.63. The van der Waals surface area contributed by atoms with Crippen LogP contribution in [0.2, 0.25) is 0 Å². The molecule has 88 valence electrons. The average Bonchev–Trinajstić information content (AvgIpc) is 2.31. The number of hydrogen-bond acceptors (Lipinski definition) is 4. The zero-order valence-electron chi connectivity index (χ0n) is 9.23. The lowest BCUT2D eigenvalue weighted by Crippen LogP contribution is -2.45. The van der Waals surface area contributed by atoms with E-state index in [2.05, 4.69) is 9.79 Å². The quantitative estimate of drug-likeness (QED) is 0.570. The van der Waals surface area contributed by atoms with E-state index in [1.807, 2.05) is 0 Å². The van der Waals surface area contributed by atoms with Gasteiger partial charge in [0.25, 0.3) is 0 Å². The Morgan fingerprint density at radius 1 is 1.27 bits per heavy atom. The Morgan fingerprint density at radius 2 is 2.07 bits per heavy atom. The van der Waals surface area contributed by atoms with E-state index < -0.39 is 0 Å². The van der Waals surface area contributed by atoms with Crippen LogP contribution in [0.3, 0.4) is 0 Å². The van der Waals surface area contributed by atoms with Crippen molar-refractivity contribution in [2.75, 3.05) is 32.9 Å². The number of rotatable bonds is 3. The van der Waals surface area contributed by atoms with Crippen LogP contribution in [0.15, 0.2) is 0 Å². The van der Waals surface area contributed by atoms with Gasteiger partial charge in [0.15, 0.2) is 0 Å². The smallest absolute Gasteiger partial charge is 0.0848 e. The van der Waals surface area contributed by atoms with Crippen molar-refractivity contribution >= 4 is 0 Å². The topological polar surface area (TPSA) is 41.9 Å². The molecule has 1 saturated carbocycles. The third-order valence-corrected chi connectivity index (χ3v) is 3.63. The molecule has 15 heavy (non-hydrogen) atoms. The Labute approximate surface area is 91.1 Å². The van der Waals surface area contributed by atoms with Crippen LogP contribution >= 0.6 is 0 Å². The Balaban J connectivity index is 1.80. The van der Waals surface area contributed by atoms with Crippen LogP contribution in [0.1, 0.15) is 25.7 Å². The van der Waals surface area contributed by atoms with Gasteiger partial charge in [-0.15, -0.1) is 0 Å². The molecule has 0 aromatic heterocycles. The van der Waals surface area contributed by atoms with Crippen molar-refractivity contribution in [2.24, 2.45) is 5.92 Å². The molecule has 0 aromatic carbocycles. The molecule has 0 spiro atoms. The lowest BCUT2D eigenvalue weighted by Gasteiger charge is -2.39. The molecule has 4 nitrogen and oxygen atoms in total. The maximum Gasteiger partial charge on any atom is 0.0848 e. The first-order chi connectivity index (χ1) is 7.40. The summed E-state index contributed by atoms with van der Waals surface area (Å²) < 4.78 is 5.36. The van der Waals surface area contributed by atoms with Crippen molar-refractivity contribution in [3.05, 3.63) is 0 Å². The van der Waals surface area contributed by atoms with Crippen molar-refractivity contribution in [1.82, 2.24) is 4.90 Å². The Kier molecular flexibility index (Phi) is 4.38. The number of ether oxygens (including phenoxy) is 1. The van der Waals surface area contributed by atoms with Gasteiger partial charge in [-0.3, -0.25) is 10.2 Å². The van der Waals surface area contributed by atoms with Gasteiger partial charge in [0.2, 0.25) is 0 Å². The van der Waals surface area contributed by atoms with Crippen molar-refractivity contribution < 1.29 is 14.9 Å². The first-order valence-corrected chi connectivity index (χ1v) is 5.98. The molecule has 1 heterocycles. The predicted octanol–water partition coefficient (Wildman–Crippen LogP) is 1.37. The van der Waals surface area contributed by atoms with Gasteiger partial charge in [-0.05, 0) is 25.2 Å². The van der Waals surface area contributed by atoms with Gasteiger partial charge in [-0.25, -0.2) is 4.89 Å². The molecule has 2 unspecified atom stereocenters. The highest BCUT2D eigenvalue weighted by Crippen LogP contribution is 2.28. The van der Waals surface area contributed by atoms with E-state index in [1.54, 1.807) is 0 Å². The van der Waals surface area contributed by atoms with Crippen LogP contribution in [0.25, 0.3) is 0 Å². The highest BCUT2D eigenvalue weighted by atomic mass is 17.1. The fourth-order valence-electron chi connectivity index (χ4n) is 2.79. The lowest BCUT2D eigenvalue weighted by molar-refractivity contribution is -0.253. The van der Waals surface area contributed by atoms with Crippen LogP contribution in [-0.2, 0) is 9.62 Å². The lowest BCUT2D eigenvalue weighted by atomic mass is 9.85. The maximum absolute atomic E-state index is 8.48. The fourth-order valence-corrected chi connectivity index (χ4v) is 2.79. The van der Waals surface area contributed by atoms with Crippen molar-refractivity contribution in [2.45, 2.75) is 31.7 Å². The minimum absolute atomic E-state index is 0.501. The molecule has 0 aromatic rings. The summed E-state index contributed by atoms with van der Waals surface area (Å²) in [6.45, 7) is 4.38. The van der Waals surface area contributed by atoms with Gasteiger partial charge >= 0.3 is 0 Å². The van der Waals surface area contributed by atoms with E-state index >= 15 is 0 Å². The standard InChI is InChI=1S/C11H21NO3/c13-15-9-10-2-1-3-11(8-10)12-4-6-14-7-5-12/h10-11,13H,1-9H2. The summed E-state index contributed by atoms with van der Waals surface area (Å²) in [5, 5.41) is 8.48. The second kappa shape index (κ2) is 5.80. The van der Waals surface area contributed by atoms with Crippen molar-refractivity contribution in [3.63, 3.8) is 0 Å². The monoisotopic (exact) mass is 215 g/mol. The van der Waals surface area contributed by atoms with E-state index in [-0.39, 0.29) is 0 Å². The maximum atomic E-state index is 8.48. The molecular formula is C11H21NO3. The van der Waals surface area contributed by atoms with Crippen LogP contribution in [0.4, 0.5) is 0 Å². The van der Waals surface area contributed by atoms with Gasteiger partial charge < -0.3 is 4.74 Å². The molecule has 2 aliphatic rings. The van der Waals surface area contributed by atoms with Crippen LogP contribution in [-0.4, -0.2) is 49.1 Å². The highest BCUT2D eigenvalue weighted by molar-refractivity contribution is 4.81. The molecule has 2 fully saturated rings. The Hall–Kier alpha value is -0.160. The molecule has 1 aliphatic heterocycles. The molecule has 0 amide bonds. The first-order valence-electron chi connectivity index (χ1n) is 5.98. The summed E-state index contributed by atoms with van der Waals surface area (Å²) in [5.74, 6) is 0.539. The van der Waals surface area contributed by atoms with E-state index in [0.717, 1.165) is 26.3 Å². The Morgan fingerprint density at radius 3 is 2.80 bits per heavy atom. The third kappa shape index (κ3) is 3.14. The normalized spacial score (nSPS) is 34.2. The van der Waals surface area contributed by atoms with Gasteiger partial charge in [0.1, 0.15) is 0 Å². The summed E-state index contributed by atoms with van der Waals surface area (Å²) >= 11 is 0. The summed E-state index contributed by atoms with van der Waals surface area (Å²) in [6, 6.07) is 0.683. The van der Waals surface area contributed by atoms with Crippen LogP contribution in [0.5, 0.6) is 0 Å². The number of nitrogens with zero attached hydrogens (tertiary/aromatic N) is 1. The zero-order chi connectivity index (χ0) is 10.5. The highest BCUT2D eigenvalue weighted by Gasteiger charge is 2.27. The zero-order valence-corrected chi connectivity index (χ0v) is 9.23. The Bertz CT molecular complexity index is 181. The van der Waals surface area contributed by atoms with Gasteiger partial charge in [-0.2, -0.15) is 0 Å². The summed E-state index contributed by atoms with van der Waals surface area (Å²) in [4.78, 5) is 6.81. The van der Waals surface area contributed by atoms with Gasteiger partial charge in [0.05, 0.1) is 19.8 Å². The average molecular weight is 215 g/mol. The fraction of sp³-hybridized carbons (Fsp3) is 1.00. The largest absolute Gasteiger partial charge is 0.379 e. The molecule has 1 N–H and O–H groups in total. The van der Waals surface area contributed by atoms with E-state index in [1.165, 1.54) is 25.7 Å². The molecule has 0 bridgehead atoms. The second-order valence-electron chi connectivity index (χ2n) is 4.63. The van der Waals surface area contributed by atoms with E-state index in [9.17, 15) is 0 Å². The predicted molar refractivity (Wildman–Crippen MR) is 56.7 cm³/mol. The van der Waals surface area contributed by atoms with E-state index in [4.69, 9.17) is 9.99 Å². The van der Waals surface area contributed by atoms with Crippen molar-refractivity contribution in [3.8, 4) is 0 Å². The van der Waals surface area contributed by atoms with Gasteiger partial charge in [0, 0.05) is 19.1 Å². The molecule has 4 heteroatoms. The number of hydrogen-bond donors (Lipinski definition) is 1. The van der Waals surface area contributed by atoms with Gasteiger partial charge in [-0.1, -0.05) is 6.42 Å². The molecule has 1 aliphatic carbocycles. The SMILES string of the molecule is OOCC1CCCC(N2CCOCC2)C1. The summed E-state index contributed by atoms with van der Waals surface area (Å²) in [6.07, 6.45) is 4.92. The number of morpholine rings is 1. The minimum atomic E-state index is 0.501. The van der Waals surface area contributed by atoms with Crippen LogP contribution < -0.4 is 0 Å². The molecule has 0 radical (unpaired) electrons. The minimum Gasteiger partial charge on any atom is -0.379 e. The first kappa shape index (κ1) is 11.3. The molecular weight excluding hydrogens is 194 g/mol. The molecule has 2 rings (SSSR count). The van der Waals surface area contributed by atoms with Crippen LogP contribution in [0, 0.1) is 5.92 Å². The van der Waals surface area contributed by atoms with Crippen molar-refractivity contribution in [1.29, 1.82) is 0 Å².